The molecule has 7 heteroatoms. The molecule has 0 bridgehead atoms. The van der Waals surface area contributed by atoms with Crippen molar-refractivity contribution in [3.8, 4) is 0 Å². The van der Waals surface area contributed by atoms with Gasteiger partial charge in [-0.05, 0) is 39.3 Å². The fourth-order valence-electron chi connectivity index (χ4n) is 3.08. The zero-order chi connectivity index (χ0) is 18.5. The highest BCUT2D eigenvalue weighted by Gasteiger charge is 2.21. The molecule has 1 saturated heterocycles. The molecule has 0 spiro atoms. The van der Waals surface area contributed by atoms with Crippen molar-refractivity contribution in [1.82, 2.24) is 25.8 Å². The first-order valence-electron chi connectivity index (χ1n) is 9.82. The SMILES string of the molecule is CCCN(CC)CCN=C(NCC)NC1CCN(CC(=O)NC)CC1. The molecule has 0 aromatic heterocycles. The Morgan fingerprint density at radius 2 is 1.92 bits per heavy atom. The van der Waals surface area contributed by atoms with Crippen molar-refractivity contribution < 1.29 is 4.79 Å². The van der Waals surface area contributed by atoms with Crippen LogP contribution >= 0.6 is 0 Å². The number of rotatable bonds is 10. The van der Waals surface area contributed by atoms with Gasteiger partial charge in [0.1, 0.15) is 0 Å². The first-order chi connectivity index (χ1) is 12.1. The Morgan fingerprint density at radius 1 is 1.20 bits per heavy atom. The van der Waals surface area contributed by atoms with E-state index in [1.807, 2.05) is 0 Å². The number of likely N-dealkylation sites (N-methyl/N-ethyl adjacent to an activating group) is 2. The minimum Gasteiger partial charge on any atom is -0.358 e. The van der Waals surface area contributed by atoms with Crippen molar-refractivity contribution in [3.63, 3.8) is 0 Å². The minimum atomic E-state index is 0.0915. The molecule has 25 heavy (non-hydrogen) atoms. The first-order valence-corrected chi connectivity index (χ1v) is 9.82. The van der Waals surface area contributed by atoms with Gasteiger partial charge in [0.25, 0.3) is 0 Å². The summed E-state index contributed by atoms with van der Waals surface area (Å²) >= 11 is 0. The fourth-order valence-corrected chi connectivity index (χ4v) is 3.08. The summed E-state index contributed by atoms with van der Waals surface area (Å²) in [4.78, 5) is 20.8. The van der Waals surface area contributed by atoms with E-state index in [-0.39, 0.29) is 5.91 Å². The number of piperidine rings is 1. The van der Waals surface area contributed by atoms with E-state index in [1.165, 1.54) is 6.42 Å². The summed E-state index contributed by atoms with van der Waals surface area (Å²) in [5, 5.41) is 9.60. The number of hydrogen-bond donors (Lipinski definition) is 3. The monoisotopic (exact) mass is 354 g/mol. The van der Waals surface area contributed by atoms with Crippen molar-refractivity contribution in [3.05, 3.63) is 0 Å². The number of likely N-dealkylation sites (tertiary alicyclic amines) is 1. The average molecular weight is 355 g/mol. The second-order valence-electron chi connectivity index (χ2n) is 6.56. The van der Waals surface area contributed by atoms with E-state index in [2.05, 4.69) is 46.5 Å². The fraction of sp³-hybridized carbons (Fsp3) is 0.889. The van der Waals surface area contributed by atoms with Crippen LogP contribution in [0.1, 0.15) is 40.0 Å². The maximum absolute atomic E-state index is 11.5. The Balaban J connectivity index is 2.39. The van der Waals surface area contributed by atoms with Crippen LogP contribution in [0.5, 0.6) is 0 Å². The maximum atomic E-state index is 11.5. The van der Waals surface area contributed by atoms with Crippen molar-refractivity contribution in [2.75, 3.05) is 59.4 Å². The summed E-state index contributed by atoms with van der Waals surface area (Å²) in [5.74, 6) is 1.01. The highest BCUT2D eigenvalue weighted by molar-refractivity contribution is 5.80. The van der Waals surface area contributed by atoms with E-state index in [1.54, 1.807) is 7.05 Å². The molecule has 0 aromatic carbocycles. The van der Waals surface area contributed by atoms with E-state index >= 15 is 0 Å². The maximum Gasteiger partial charge on any atom is 0.233 e. The molecule has 1 rings (SSSR count). The molecule has 1 fully saturated rings. The summed E-state index contributed by atoms with van der Waals surface area (Å²) in [6.07, 6.45) is 3.27. The number of hydrogen-bond acceptors (Lipinski definition) is 4. The lowest BCUT2D eigenvalue weighted by atomic mass is 10.1. The van der Waals surface area contributed by atoms with Gasteiger partial charge in [0.15, 0.2) is 5.96 Å². The van der Waals surface area contributed by atoms with E-state index in [9.17, 15) is 4.79 Å². The summed E-state index contributed by atoms with van der Waals surface area (Å²) in [6.45, 7) is 13.8. The predicted molar refractivity (Wildman–Crippen MR) is 105 cm³/mol. The molecule has 7 nitrogen and oxygen atoms in total. The average Bonchev–Trinajstić information content (AvgIpc) is 2.62. The lowest BCUT2D eigenvalue weighted by Crippen LogP contribution is -2.50. The molecular weight excluding hydrogens is 316 g/mol. The second kappa shape index (κ2) is 12.9. The van der Waals surface area contributed by atoms with Crippen LogP contribution in [0.25, 0.3) is 0 Å². The summed E-state index contributed by atoms with van der Waals surface area (Å²) in [6, 6.07) is 0.427. The Morgan fingerprint density at radius 3 is 2.48 bits per heavy atom. The predicted octanol–water partition coefficient (Wildman–Crippen LogP) is 0.484. The van der Waals surface area contributed by atoms with Crippen LogP contribution in [0.2, 0.25) is 0 Å². The summed E-state index contributed by atoms with van der Waals surface area (Å²) < 4.78 is 0. The minimum absolute atomic E-state index is 0.0915. The highest BCUT2D eigenvalue weighted by atomic mass is 16.1. The van der Waals surface area contributed by atoms with Gasteiger partial charge >= 0.3 is 0 Å². The molecule has 1 amide bonds. The topological polar surface area (TPSA) is 72.0 Å². The zero-order valence-corrected chi connectivity index (χ0v) is 16.6. The Hall–Kier alpha value is -1.34. The third-order valence-electron chi connectivity index (χ3n) is 4.59. The van der Waals surface area contributed by atoms with Gasteiger partial charge in [-0.25, -0.2) is 0 Å². The van der Waals surface area contributed by atoms with Gasteiger partial charge in [0.2, 0.25) is 5.91 Å². The molecule has 0 aliphatic carbocycles. The summed E-state index contributed by atoms with van der Waals surface area (Å²) in [5.41, 5.74) is 0. The second-order valence-corrected chi connectivity index (χ2v) is 6.56. The lowest BCUT2D eigenvalue weighted by molar-refractivity contribution is -0.122. The first kappa shape index (κ1) is 21.7. The number of nitrogens with one attached hydrogen (secondary N) is 3. The van der Waals surface area contributed by atoms with Gasteiger partial charge in [0.05, 0.1) is 13.1 Å². The molecule has 146 valence electrons. The van der Waals surface area contributed by atoms with Crippen molar-refractivity contribution in [2.24, 2.45) is 4.99 Å². The van der Waals surface area contributed by atoms with Crippen LogP contribution in [-0.2, 0) is 4.79 Å². The number of carbonyl (C=O) groups excluding carboxylic acids is 1. The molecule has 1 heterocycles. The molecule has 3 N–H and O–H groups in total. The van der Waals surface area contributed by atoms with Gasteiger partial charge in [0, 0.05) is 39.3 Å². The summed E-state index contributed by atoms with van der Waals surface area (Å²) in [7, 11) is 1.69. The highest BCUT2D eigenvalue weighted by Crippen LogP contribution is 2.09. The van der Waals surface area contributed by atoms with Gasteiger partial charge < -0.3 is 20.9 Å². The molecule has 1 aliphatic rings. The molecule has 0 unspecified atom stereocenters. The third-order valence-corrected chi connectivity index (χ3v) is 4.59. The van der Waals surface area contributed by atoms with Gasteiger partial charge in [-0.2, -0.15) is 0 Å². The van der Waals surface area contributed by atoms with Crippen LogP contribution in [0.4, 0.5) is 0 Å². The molecule has 0 saturated carbocycles. The smallest absolute Gasteiger partial charge is 0.233 e. The van der Waals surface area contributed by atoms with Crippen LogP contribution in [-0.4, -0.2) is 87.1 Å². The number of amides is 1. The van der Waals surface area contributed by atoms with Crippen molar-refractivity contribution >= 4 is 11.9 Å². The standard InChI is InChI=1S/C18H38N6O/c1-5-11-23(7-3)14-10-21-18(20-6-2)22-16-8-12-24(13-9-16)15-17(25)19-4/h16H,5-15H2,1-4H3,(H,19,25)(H2,20,21,22). The van der Waals surface area contributed by atoms with E-state index in [0.717, 1.165) is 64.6 Å². The lowest BCUT2D eigenvalue weighted by Gasteiger charge is -2.32. The molecule has 0 aromatic rings. The number of nitrogens with zero attached hydrogens (tertiary/aromatic N) is 3. The zero-order valence-electron chi connectivity index (χ0n) is 16.6. The molecule has 1 aliphatic heterocycles. The Bertz CT molecular complexity index is 393. The van der Waals surface area contributed by atoms with Gasteiger partial charge in [-0.3, -0.25) is 14.7 Å². The van der Waals surface area contributed by atoms with Crippen LogP contribution in [0.3, 0.4) is 0 Å². The molecule has 0 radical (unpaired) electrons. The van der Waals surface area contributed by atoms with Crippen molar-refractivity contribution in [1.29, 1.82) is 0 Å². The van der Waals surface area contributed by atoms with Crippen LogP contribution in [0, 0.1) is 0 Å². The Kier molecular flexibility index (Phi) is 11.2. The molecule has 0 atom stereocenters. The van der Waals surface area contributed by atoms with Crippen LogP contribution < -0.4 is 16.0 Å². The Labute approximate surface area is 153 Å². The quantitative estimate of drug-likeness (QED) is 0.393. The number of carbonyl (C=O) groups is 1. The normalized spacial score (nSPS) is 16.9. The van der Waals surface area contributed by atoms with E-state index in [0.29, 0.717) is 12.6 Å². The van der Waals surface area contributed by atoms with Crippen LogP contribution in [0.15, 0.2) is 4.99 Å². The van der Waals surface area contributed by atoms with Gasteiger partial charge in [-0.15, -0.1) is 0 Å². The van der Waals surface area contributed by atoms with Crippen molar-refractivity contribution in [2.45, 2.75) is 46.1 Å². The number of aliphatic imine (C=N–C) groups is 1. The van der Waals surface area contributed by atoms with E-state index < -0.39 is 0 Å². The largest absolute Gasteiger partial charge is 0.358 e. The number of guanidine groups is 1. The van der Waals surface area contributed by atoms with E-state index in [4.69, 9.17) is 4.99 Å². The molecular formula is C18H38N6O. The third kappa shape index (κ3) is 9.07. The van der Waals surface area contributed by atoms with Gasteiger partial charge in [-0.1, -0.05) is 13.8 Å².